The van der Waals surface area contributed by atoms with Gasteiger partial charge in [0.1, 0.15) is 18.9 Å². The SMILES string of the molecule is COC(=O)C1CCN(C(=O)Cn2cnnc2C#N)CC1. The molecule has 0 spiro atoms. The van der Waals surface area contributed by atoms with E-state index >= 15 is 0 Å². The van der Waals surface area contributed by atoms with Crippen LogP contribution in [0.4, 0.5) is 0 Å². The van der Waals surface area contributed by atoms with Crippen molar-refractivity contribution in [1.82, 2.24) is 19.7 Å². The Kier molecular flexibility index (Phi) is 4.30. The maximum Gasteiger partial charge on any atom is 0.308 e. The van der Waals surface area contributed by atoms with Crippen molar-refractivity contribution < 1.29 is 14.3 Å². The normalized spacial score (nSPS) is 15.7. The van der Waals surface area contributed by atoms with Crippen molar-refractivity contribution in [2.75, 3.05) is 20.2 Å². The number of aromatic nitrogens is 3. The third-order valence-corrected chi connectivity index (χ3v) is 3.40. The van der Waals surface area contributed by atoms with Crippen LogP contribution in [-0.2, 0) is 20.9 Å². The summed E-state index contributed by atoms with van der Waals surface area (Å²) in [7, 11) is 1.37. The Morgan fingerprint density at radius 1 is 1.50 bits per heavy atom. The van der Waals surface area contributed by atoms with Gasteiger partial charge in [-0.25, -0.2) is 0 Å². The molecule has 1 aromatic heterocycles. The molecule has 0 bridgehead atoms. The van der Waals surface area contributed by atoms with Gasteiger partial charge in [-0.15, -0.1) is 10.2 Å². The summed E-state index contributed by atoms with van der Waals surface area (Å²) in [6.07, 6.45) is 2.56. The molecule has 0 atom stereocenters. The largest absolute Gasteiger partial charge is 0.469 e. The second kappa shape index (κ2) is 6.14. The molecule has 0 aliphatic carbocycles. The number of hydrogen-bond donors (Lipinski definition) is 0. The lowest BCUT2D eigenvalue weighted by atomic mass is 9.97. The number of methoxy groups -OCH3 is 1. The van der Waals surface area contributed by atoms with Gasteiger partial charge in [0.15, 0.2) is 0 Å². The van der Waals surface area contributed by atoms with Crippen molar-refractivity contribution in [1.29, 1.82) is 5.26 Å². The first-order chi connectivity index (χ1) is 9.65. The minimum atomic E-state index is -0.220. The quantitative estimate of drug-likeness (QED) is 0.694. The Morgan fingerprint density at radius 3 is 2.80 bits per heavy atom. The van der Waals surface area contributed by atoms with Crippen molar-refractivity contribution in [3.8, 4) is 6.07 Å². The predicted octanol–water partition coefficient (Wildman–Crippen LogP) is -0.439. The first-order valence-corrected chi connectivity index (χ1v) is 6.29. The molecule has 0 N–H and O–H groups in total. The van der Waals surface area contributed by atoms with Gasteiger partial charge in [0, 0.05) is 13.1 Å². The van der Waals surface area contributed by atoms with Gasteiger partial charge in [-0.2, -0.15) is 5.26 Å². The number of esters is 1. The molecule has 0 aromatic carbocycles. The molecule has 1 aromatic rings. The number of piperidine rings is 1. The van der Waals surface area contributed by atoms with E-state index in [1.807, 2.05) is 6.07 Å². The second-order valence-electron chi connectivity index (χ2n) is 4.57. The van der Waals surface area contributed by atoms with Gasteiger partial charge in [0.2, 0.25) is 11.7 Å². The van der Waals surface area contributed by atoms with Gasteiger partial charge in [-0.05, 0) is 12.8 Å². The number of hydrogen-bond acceptors (Lipinski definition) is 6. The highest BCUT2D eigenvalue weighted by Gasteiger charge is 2.28. The number of likely N-dealkylation sites (tertiary alicyclic amines) is 1. The molecule has 0 radical (unpaired) electrons. The van der Waals surface area contributed by atoms with E-state index in [0.29, 0.717) is 25.9 Å². The summed E-state index contributed by atoms with van der Waals surface area (Å²) in [4.78, 5) is 25.2. The van der Waals surface area contributed by atoms with Gasteiger partial charge in [0.25, 0.3) is 0 Å². The van der Waals surface area contributed by atoms with Crippen LogP contribution in [0.15, 0.2) is 6.33 Å². The van der Waals surface area contributed by atoms with E-state index in [2.05, 4.69) is 10.2 Å². The Labute approximate surface area is 115 Å². The average molecular weight is 277 g/mol. The van der Waals surface area contributed by atoms with Crippen LogP contribution < -0.4 is 0 Å². The molecular formula is C12H15N5O3. The molecule has 106 valence electrons. The van der Waals surface area contributed by atoms with E-state index in [-0.39, 0.29) is 30.2 Å². The molecule has 2 heterocycles. The Morgan fingerprint density at radius 2 is 2.20 bits per heavy atom. The van der Waals surface area contributed by atoms with Gasteiger partial charge in [0.05, 0.1) is 13.0 Å². The highest BCUT2D eigenvalue weighted by atomic mass is 16.5. The molecule has 1 fully saturated rings. The van der Waals surface area contributed by atoms with E-state index < -0.39 is 0 Å². The number of ether oxygens (including phenoxy) is 1. The van der Waals surface area contributed by atoms with Gasteiger partial charge < -0.3 is 9.64 Å². The fourth-order valence-electron chi connectivity index (χ4n) is 2.23. The van der Waals surface area contributed by atoms with Crippen LogP contribution >= 0.6 is 0 Å². The van der Waals surface area contributed by atoms with Crippen molar-refractivity contribution in [2.24, 2.45) is 5.92 Å². The lowest BCUT2D eigenvalue weighted by molar-refractivity contribution is -0.149. The average Bonchev–Trinajstić information content (AvgIpc) is 2.93. The summed E-state index contributed by atoms with van der Waals surface area (Å²) in [5, 5.41) is 16.0. The van der Waals surface area contributed by atoms with Crippen LogP contribution in [-0.4, -0.2) is 51.7 Å². The highest BCUT2D eigenvalue weighted by Crippen LogP contribution is 2.18. The maximum absolute atomic E-state index is 12.1. The molecule has 2 rings (SSSR count). The fourth-order valence-corrected chi connectivity index (χ4v) is 2.23. The molecule has 1 aliphatic heterocycles. The number of nitriles is 1. The zero-order valence-electron chi connectivity index (χ0n) is 11.2. The predicted molar refractivity (Wildman–Crippen MR) is 66.1 cm³/mol. The zero-order valence-corrected chi connectivity index (χ0v) is 11.2. The summed E-state index contributed by atoms with van der Waals surface area (Å²) >= 11 is 0. The van der Waals surface area contributed by atoms with E-state index in [0.717, 1.165) is 0 Å². The number of carbonyl (C=O) groups excluding carboxylic acids is 2. The third-order valence-electron chi connectivity index (χ3n) is 3.40. The summed E-state index contributed by atoms with van der Waals surface area (Å²) in [6, 6.07) is 1.87. The summed E-state index contributed by atoms with van der Waals surface area (Å²) < 4.78 is 6.11. The number of rotatable bonds is 3. The summed E-state index contributed by atoms with van der Waals surface area (Å²) in [6.45, 7) is 1.07. The van der Waals surface area contributed by atoms with E-state index in [9.17, 15) is 9.59 Å². The van der Waals surface area contributed by atoms with E-state index in [1.165, 1.54) is 18.0 Å². The molecule has 0 unspecified atom stereocenters. The first-order valence-electron chi connectivity index (χ1n) is 6.29. The monoisotopic (exact) mass is 277 g/mol. The van der Waals surface area contributed by atoms with Gasteiger partial charge in [-0.1, -0.05) is 0 Å². The van der Waals surface area contributed by atoms with Crippen LogP contribution in [0.25, 0.3) is 0 Å². The minimum absolute atomic E-state index is 0.0405. The number of nitrogens with zero attached hydrogens (tertiary/aromatic N) is 5. The smallest absolute Gasteiger partial charge is 0.308 e. The van der Waals surface area contributed by atoms with Crippen LogP contribution in [0.2, 0.25) is 0 Å². The molecule has 8 heteroatoms. The second-order valence-corrected chi connectivity index (χ2v) is 4.57. The van der Waals surface area contributed by atoms with Crippen molar-refractivity contribution in [3.63, 3.8) is 0 Å². The Hall–Kier alpha value is -2.43. The third kappa shape index (κ3) is 2.93. The number of carbonyl (C=O) groups is 2. The van der Waals surface area contributed by atoms with Crippen molar-refractivity contribution in [2.45, 2.75) is 19.4 Å². The van der Waals surface area contributed by atoms with Crippen LogP contribution in [0, 0.1) is 17.2 Å². The highest BCUT2D eigenvalue weighted by molar-refractivity contribution is 5.77. The van der Waals surface area contributed by atoms with Crippen LogP contribution in [0.5, 0.6) is 0 Å². The molecule has 0 saturated carbocycles. The van der Waals surface area contributed by atoms with E-state index in [4.69, 9.17) is 10.00 Å². The standard InChI is InChI=1S/C12H15N5O3/c1-20-12(19)9-2-4-16(5-3-9)11(18)7-17-8-14-15-10(17)6-13/h8-9H,2-5,7H2,1H3. The first kappa shape index (κ1) is 14.0. The fraction of sp³-hybridized carbons (Fsp3) is 0.583. The Bertz CT molecular complexity index is 540. The number of amides is 1. The van der Waals surface area contributed by atoms with Gasteiger partial charge >= 0.3 is 5.97 Å². The van der Waals surface area contributed by atoms with Crippen LogP contribution in [0.1, 0.15) is 18.7 Å². The topological polar surface area (TPSA) is 101 Å². The van der Waals surface area contributed by atoms with Crippen molar-refractivity contribution >= 4 is 11.9 Å². The van der Waals surface area contributed by atoms with Crippen molar-refractivity contribution in [3.05, 3.63) is 12.2 Å². The summed E-state index contributed by atoms with van der Waals surface area (Å²) in [5.41, 5.74) is 0. The molecule has 1 aliphatic rings. The van der Waals surface area contributed by atoms with E-state index in [1.54, 1.807) is 4.90 Å². The minimum Gasteiger partial charge on any atom is -0.469 e. The molecule has 8 nitrogen and oxygen atoms in total. The lowest BCUT2D eigenvalue weighted by Gasteiger charge is -2.30. The molecule has 20 heavy (non-hydrogen) atoms. The lowest BCUT2D eigenvalue weighted by Crippen LogP contribution is -2.42. The van der Waals surface area contributed by atoms with Crippen LogP contribution in [0.3, 0.4) is 0 Å². The van der Waals surface area contributed by atoms with Gasteiger partial charge in [-0.3, -0.25) is 14.2 Å². The molecular weight excluding hydrogens is 262 g/mol. The Balaban J connectivity index is 1.89. The molecule has 1 amide bonds. The zero-order chi connectivity index (χ0) is 14.5. The maximum atomic E-state index is 12.1. The summed E-state index contributed by atoms with van der Waals surface area (Å²) in [5.74, 6) is -0.344. The molecule has 1 saturated heterocycles.